The maximum atomic E-state index is 7.13. The summed E-state index contributed by atoms with van der Waals surface area (Å²) in [4.78, 5) is 2.59. The Balaban J connectivity index is 0.945. The van der Waals surface area contributed by atoms with Crippen LogP contribution in [0.5, 0.6) is 5.75 Å². The summed E-state index contributed by atoms with van der Waals surface area (Å²) >= 11 is 0. The fourth-order valence-electron chi connectivity index (χ4n) is 15.5. The molecule has 4 aliphatic carbocycles. The van der Waals surface area contributed by atoms with Crippen molar-refractivity contribution in [1.29, 1.82) is 0 Å². The highest BCUT2D eigenvalue weighted by Crippen LogP contribution is 2.67. The highest BCUT2D eigenvalue weighted by atomic mass is 16.5. The number of nitrogens with zero attached hydrogens (tertiary/aromatic N) is 1. The molecule has 0 spiro atoms. The molecule has 3 heteroatoms. The number of aryl methyl sites for hydroxylation is 1. The van der Waals surface area contributed by atoms with Crippen LogP contribution in [0.15, 0.2) is 186 Å². The van der Waals surface area contributed by atoms with Gasteiger partial charge in [-0.1, -0.05) is 200 Å². The standard InChI is InChI=1S/C74H59NO2/c1-41-20-18-22-42(36-41)52-39-58-62(65-51-26-14-17-31-60(51)77-69(52)65)49-34-32-44(37-56(49)72(58,4)5)75(59-30-19-29-55-61(59)47-24-12-15-27-53(47)71(55,2)3)45-33-35-50-57(38-45)74(8,9)68-66(50)70-64(46-23-11-10-21-43(46)40-76-70)63-48-25-13-16-28-54(48)73(6,7)67(63)68/h10-39H,40H2,1-9H3. The summed E-state index contributed by atoms with van der Waals surface area (Å²) in [6.07, 6.45) is 0. The van der Waals surface area contributed by atoms with E-state index in [2.05, 4.69) is 249 Å². The molecule has 0 saturated heterocycles. The normalized spacial score (nSPS) is 16.3. The van der Waals surface area contributed by atoms with E-state index in [0.29, 0.717) is 6.61 Å². The zero-order valence-electron chi connectivity index (χ0n) is 45.3. The summed E-state index contributed by atoms with van der Waals surface area (Å²) in [6.45, 7) is 22.2. The molecule has 1 aromatic heterocycles. The Labute approximate surface area is 451 Å². The Bertz CT molecular complexity index is 4480. The number of para-hydroxylation sites is 1. The first-order chi connectivity index (χ1) is 37.2. The fraction of sp³-hybridized carbons (Fsp3) is 0.189. The van der Waals surface area contributed by atoms with Gasteiger partial charge in [-0.2, -0.15) is 0 Å². The second kappa shape index (κ2) is 15.0. The molecule has 16 rings (SSSR count). The van der Waals surface area contributed by atoms with Crippen molar-refractivity contribution in [2.45, 2.75) is 90.6 Å². The van der Waals surface area contributed by atoms with Crippen molar-refractivity contribution >= 4 is 39.0 Å². The van der Waals surface area contributed by atoms with Gasteiger partial charge in [-0.3, -0.25) is 0 Å². The molecule has 0 radical (unpaired) electrons. The van der Waals surface area contributed by atoms with Gasteiger partial charge in [0.2, 0.25) is 0 Å². The zero-order valence-corrected chi connectivity index (χ0v) is 45.3. The van der Waals surface area contributed by atoms with Crippen LogP contribution in [0.3, 0.4) is 0 Å². The highest BCUT2D eigenvalue weighted by Gasteiger charge is 2.50. The summed E-state index contributed by atoms with van der Waals surface area (Å²) in [5, 5.41) is 2.35. The van der Waals surface area contributed by atoms with Crippen molar-refractivity contribution in [3.63, 3.8) is 0 Å². The van der Waals surface area contributed by atoms with Crippen LogP contribution in [0, 0.1) is 6.92 Å². The van der Waals surface area contributed by atoms with Crippen LogP contribution in [0.25, 0.3) is 88.7 Å². The van der Waals surface area contributed by atoms with Gasteiger partial charge in [-0.15, -0.1) is 0 Å². The maximum Gasteiger partial charge on any atom is 0.143 e. The Morgan fingerprint density at radius 2 is 0.974 bits per heavy atom. The molecule has 77 heavy (non-hydrogen) atoms. The number of anilines is 3. The molecular formula is C74H59NO2. The number of fused-ring (bicyclic) bond motifs is 22. The van der Waals surface area contributed by atoms with Gasteiger partial charge in [0.05, 0.1) is 5.69 Å². The quantitative estimate of drug-likeness (QED) is 0.176. The first-order valence-corrected chi connectivity index (χ1v) is 27.6. The molecule has 0 N–H and O–H groups in total. The molecule has 372 valence electrons. The van der Waals surface area contributed by atoms with E-state index in [1.165, 1.54) is 128 Å². The van der Waals surface area contributed by atoms with Crippen LogP contribution in [-0.4, -0.2) is 0 Å². The Kier molecular flexibility index (Phi) is 8.71. The van der Waals surface area contributed by atoms with Crippen LogP contribution in [-0.2, 0) is 28.3 Å². The van der Waals surface area contributed by atoms with E-state index in [-0.39, 0.29) is 21.7 Å². The Morgan fingerprint density at radius 1 is 0.403 bits per heavy atom. The van der Waals surface area contributed by atoms with Gasteiger partial charge in [-0.05, 0) is 144 Å². The van der Waals surface area contributed by atoms with Crippen LogP contribution in [0.4, 0.5) is 17.1 Å². The molecule has 0 bridgehead atoms. The molecule has 0 amide bonds. The molecule has 2 heterocycles. The van der Waals surface area contributed by atoms with Crippen LogP contribution < -0.4 is 9.64 Å². The van der Waals surface area contributed by atoms with E-state index >= 15 is 0 Å². The minimum Gasteiger partial charge on any atom is -0.488 e. The predicted molar refractivity (Wildman–Crippen MR) is 319 cm³/mol. The highest BCUT2D eigenvalue weighted by molar-refractivity contribution is 6.19. The second-order valence-electron chi connectivity index (χ2n) is 24.8. The maximum absolute atomic E-state index is 7.13. The average Bonchev–Trinajstić information content (AvgIpc) is 4.23. The number of furan rings is 1. The van der Waals surface area contributed by atoms with Crippen molar-refractivity contribution in [2.75, 3.05) is 4.90 Å². The smallest absolute Gasteiger partial charge is 0.143 e. The lowest BCUT2D eigenvalue weighted by Crippen LogP contribution is -2.25. The molecule has 0 fully saturated rings. The van der Waals surface area contributed by atoms with Gasteiger partial charge in [0, 0.05) is 66.1 Å². The summed E-state index contributed by atoms with van der Waals surface area (Å²) in [5.41, 5.74) is 32.7. The number of rotatable bonds is 4. The van der Waals surface area contributed by atoms with Gasteiger partial charge in [0.15, 0.2) is 0 Å². The molecule has 5 aliphatic rings. The topological polar surface area (TPSA) is 25.6 Å². The first-order valence-electron chi connectivity index (χ1n) is 27.6. The van der Waals surface area contributed by atoms with Crippen LogP contribution in [0.1, 0.15) is 111 Å². The largest absolute Gasteiger partial charge is 0.488 e. The van der Waals surface area contributed by atoms with Crippen molar-refractivity contribution in [3.05, 3.63) is 238 Å². The summed E-state index contributed by atoms with van der Waals surface area (Å²) in [7, 11) is 0. The lowest BCUT2D eigenvalue weighted by atomic mass is 9.71. The van der Waals surface area contributed by atoms with E-state index in [1.54, 1.807) is 0 Å². The zero-order chi connectivity index (χ0) is 52.2. The second-order valence-corrected chi connectivity index (χ2v) is 24.8. The number of benzene rings is 10. The minimum absolute atomic E-state index is 0.174. The van der Waals surface area contributed by atoms with Gasteiger partial charge < -0.3 is 14.1 Å². The predicted octanol–water partition coefficient (Wildman–Crippen LogP) is 19.8. The SMILES string of the molecule is Cc1cccc(-c2cc3c(c4c2oc2ccccc24)-c2ccc(N(c4ccc5c(c4)C(C)(C)c4c-5c5c(c6c4C(C)(C)c4ccccc4-6)-c4ccccc4CO5)c4cccc5c4-c4ccccc4C5(C)C)cc2C3(C)C)c1. The van der Waals surface area contributed by atoms with Gasteiger partial charge in [-0.25, -0.2) is 0 Å². The number of ether oxygens (including phenoxy) is 1. The molecular weight excluding hydrogens is 935 g/mol. The lowest BCUT2D eigenvalue weighted by molar-refractivity contribution is 0.303. The minimum atomic E-state index is -0.367. The fourth-order valence-corrected chi connectivity index (χ4v) is 15.5. The third-order valence-electron chi connectivity index (χ3n) is 19.1. The lowest BCUT2D eigenvalue weighted by Gasteiger charge is -2.34. The van der Waals surface area contributed by atoms with Gasteiger partial charge >= 0.3 is 0 Å². The van der Waals surface area contributed by atoms with Crippen molar-refractivity contribution in [2.24, 2.45) is 0 Å². The molecule has 1 aliphatic heterocycles. The number of hydrogen-bond donors (Lipinski definition) is 0. The van der Waals surface area contributed by atoms with Crippen molar-refractivity contribution < 1.29 is 9.15 Å². The molecule has 3 nitrogen and oxygen atoms in total. The van der Waals surface area contributed by atoms with E-state index in [4.69, 9.17) is 9.15 Å². The number of hydrogen-bond acceptors (Lipinski definition) is 3. The van der Waals surface area contributed by atoms with Crippen LogP contribution >= 0.6 is 0 Å². The van der Waals surface area contributed by atoms with Crippen molar-refractivity contribution in [3.8, 4) is 72.5 Å². The first kappa shape index (κ1) is 44.9. The Hall–Kier alpha value is -8.40. The van der Waals surface area contributed by atoms with Crippen molar-refractivity contribution in [1.82, 2.24) is 0 Å². The molecule has 0 unspecified atom stereocenters. The molecule has 0 saturated carbocycles. The third-order valence-corrected chi connectivity index (χ3v) is 19.1. The summed E-state index contributed by atoms with van der Waals surface area (Å²) in [5.74, 6) is 1.02. The third kappa shape index (κ3) is 5.67. The van der Waals surface area contributed by atoms with E-state index in [1.807, 2.05) is 0 Å². The van der Waals surface area contributed by atoms with Crippen LogP contribution in [0.2, 0.25) is 0 Å². The van der Waals surface area contributed by atoms with E-state index in [0.717, 1.165) is 39.2 Å². The average molecular weight is 994 g/mol. The molecule has 11 aromatic rings. The monoisotopic (exact) mass is 993 g/mol. The Morgan fingerprint density at radius 3 is 1.73 bits per heavy atom. The van der Waals surface area contributed by atoms with E-state index < -0.39 is 0 Å². The van der Waals surface area contributed by atoms with Gasteiger partial charge in [0.1, 0.15) is 23.5 Å². The van der Waals surface area contributed by atoms with Gasteiger partial charge in [0.25, 0.3) is 0 Å². The summed E-state index contributed by atoms with van der Waals surface area (Å²) < 4.78 is 14.0. The summed E-state index contributed by atoms with van der Waals surface area (Å²) in [6, 6.07) is 68.7. The van der Waals surface area contributed by atoms with E-state index in [9.17, 15) is 0 Å². The molecule has 0 atom stereocenters. The molecule has 10 aromatic carbocycles.